The molecule has 2 aromatic heterocycles. The van der Waals surface area contributed by atoms with Crippen LogP contribution in [0.4, 0.5) is 10.1 Å². The minimum Gasteiger partial charge on any atom is -0.494 e. The Kier molecular flexibility index (Phi) is 3.96. The summed E-state index contributed by atoms with van der Waals surface area (Å²) in [6.45, 7) is 0.695. The molecular formula is C17H18FN5O2. The van der Waals surface area contributed by atoms with E-state index in [1.165, 1.54) is 19.5 Å². The first-order valence-electron chi connectivity index (χ1n) is 7.98. The number of hydrogen-bond acceptors (Lipinski definition) is 6. The second-order valence-corrected chi connectivity index (χ2v) is 5.97. The Labute approximate surface area is 143 Å². The Morgan fingerprint density at radius 3 is 2.88 bits per heavy atom. The summed E-state index contributed by atoms with van der Waals surface area (Å²) < 4.78 is 24.7. The third kappa shape index (κ3) is 2.68. The van der Waals surface area contributed by atoms with Crippen LogP contribution in [0.5, 0.6) is 5.75 Å². The van der Waals surface area contributed by atoms with Gasteiger partial charge >= 0.3 is 0 Å². The minimum absolute atomic E-state index is 0.00546. The third-order valence-electron chi connectivity index (χ3n) is 4.65. The van der Waals surface area contributed by atoms with Crippen LogP contribution in [0, 0.1) is 5.82 Å². The van der Waals surface area contributed by atoms with Gasteiger partial charge in [0.05, 0.1) is 24.8 Å². The van der Waals surface area contributed by atoms with Gasteiger partial charge in [0.15, 0.2) is 11.6 Å². The van der Waals surface area contributed by atoms with Gasteiger partial charge in [-0.15, -0.1) is 0 Å². The van der Waals surface area contributed by atoms with E-state index in [1.54, 1.807) is 19.4 Å². The fraction of sp³-hybridized carbons (Fsp3) is 0.353. The molecule has 1 fully saturated rings. The lowest BCUT2D eigenvalue weighted by Gasteiger charge is -2.26. The molecule has 0 amide bonds. The molecule has 1 N–H and O–H groups in total. The van der Waals surface area contributed by atoms with E-state index >= 15 is 0 Å². The fourth-order valence-electron chi connectivity index (χ4n) is 3.41. The van der Waals surface area contributed by atoms with Gasteiger partial charge in [-0.3, -0.25) is 10.1 Å². The molecule has 3 aromatic rings. The van der Waals surface area contributed by atoms with Crippen LogP contribution in [0.1, 0.15) is 18.3 Å². The monoisotopic (exact) mass is 343 g/mol. The molecule has 1 aliphatic rings. The first kappa shape index (κ1) is 15.8. The zero-order valence-corrected chi connectivity index (χ0v) is 13.9. The zero-order chi connectivity index (χ0) is 17.4. The second-order valence-electron chi connectivity index (χ2n) is 5.97. The Morgan fingerprint density at radius 1 is 1.28 bits per heavy atom. The van der Waals surface area contributed by atoms with Crippen molar-refractivity contribution in [3.05, 3.63) is 42.4 Å². The third-order valence-corrected chi connectivity index (χ3v) is 4.65. The number of rotatable bonds is 4. The highest BCUT2D eigenvalue weighted by molar-refractivity contribution is 5.93. The molecule has 2 atom stereocenters. The molecule has 7 nitrogen and oxygen atoms in total. The van der Waals surface area contributed by atoms with Gasteiger partial charge in [-0.2, -0.15) is 5.10 Å². The molecule has 3 heterocycles. The van der Waals surface area contributed by atoms with Crippen LogP contribution in [0.15, 0.2) is 30.7 Å². The van der Waals surface area contributed by atoms with Crippen molar-refractivity contribution < 1.29 is 13.9 Å². The smallest absolute Gasteiger partial charge is 0.167 e. The normalized spacial score (nSPS) is 20.4. The molecule has 0 saturated carbocycles. The first-order chi connectivity index (χ1) is 12.2. The van der Waals surface area contributed by atoms with Gasteiger partial charge in [-0.25, -0.2) is 9.37 Å². The number of nitrogens with zero attached hydrogens (tertiary/aromatic N) is 4. The van der Waals surface area contributed by atoms with Crippen LogP contribution in [0.3, 0.4) is 0 Å². The topological polar surface area (TPSA) is 76.2 Å². The number of aromatic nitrogens is 4. The Morgan fingerprint density at radius 2 is 2.16 bits per heavy atom. The summed E-state index contributed by atoms with van der Waals surface area (Å²) in [6.07, 6.45) is 4.03. The molecule has 0 aliphatic carbocycles. The van der Waals surface area contributed by atoms with Crippen molar-refractivity contribution >= 4 is 16.6 Å². The maximum absolute atomic E-state index is 14.0. The van der Waals surface area contributed by atoms with Crippen molar-refractivity contribution in [2.24, 2.45) is 0 Å². The minimum atomic E-state index is -0.428. The molecule has 0 spiro atoms. The second kappa shape index (κ2) is 6.29. The van der Waals surface area contributed by atoms with Crippen molar-refractivity contribution in [2.45, 2.75) is 18.6 Å². The molecule has 0 unspecified atom stereocenters. The molecule has 8 heteroatoms. The number of H-pyrrole nitrogens is 1. The fourth-order valence-corrected chi connectivity index (χ4v) is 3.41. The zero-order valence-electron chi connectivity index (χ0n) is 13.9. The molecule has 1 aromatic carbocycles. The lowest BCUT2D eigenvalue weighted by atomic mass is 10.1. The summed E-state index contributed by atoms with van der Waals surface area (Å²) >= 11 is 0. The van der Waals surface area contributed by atoms with Crippen molar-refractivity contribution in [1.82, 2.24) is 20.2 Å². The Hall–Kier alpha value is -2.74. The molecule has 0 radical (unpaired) electrons. The summed E-state index contributed by atoms with van der Waals surface area (Å²) in [5, 5.41) is 7.73. The first-order valence-corrected chi connectivity index (χ1v) is 7.98. The van der Waals surface area contributed by atoms with Gasteiger partial charge in [0.1, 0.15) is 12.2 Å². The number of anilines is 1. The van der Waals surface area contributed by atoms with Crippen molar-refractivity contribution in [2.75, 3.05) is 25.7 Å². The number of benzene rings is 1. The van der Waals surface area contributed by atoms with E-state index in [9.17, 15) is 4.39 Å². The SMILES string of the molecule is COc1cc2c(N3C[C@H](OC)C[C@H]3c3ncn[nH]3)ccnc2cc1F. The number of pyridine rings is 1. The number of ether oxygens (including phenoxy) is 2. The maximum atomic E-state index is 14.0. The predicted octanol–water partition coefficient (Wildman–Crippen LogP) is 2.47. The number of nitrogens with one attached hydrogen (secondary N) is 1. The molecule has 4 rings (SSSR count). The van der Waals surface area contributed by atoms with Gasteiger partial charge in [0.2, 0.25) is 0 Å². The summed E-state index contributed by atoms with van der Waals surface area (Å²) in [4.78, 5) is 10.8. The van der Waals surface area contributed by atoms with Crippen LogP contribution in [-0.4, -0.2) is 47.0 Å². The van der Waals surface area contributed by atoms with Gasteiger partial charge in [0, 0.05) is 43.4 Å². The van der Waals surface area contributed by atoms with E-state index in [4.69, 9.17) is 9.47 Å². The van der Waals surface area contributed by atoms with Crippen molar-refractivity contribution in [1.29, 1.82) is 0 Å². The molecule has 0 bridgehead atoms. The van der Waals surface area contributed by atoms with Gasteiger partial charge in [0.25, 0.3) is 0 Å². The average molecular weight is 343 g/mol. The highest BCUT2D eigenvalue weighted by Gasteiger charge is 2.36. The van der Waals surface area contributed by atoms with E-state index in [1.807, 2.05) is 6.07 Å². The molecule has 1 aliphatic heterocycles. The summed E-state index contributed by atoms with van der Waals surface area (Å²) in [6, 6.07) is 4.99. The standard InChI is InChI=1S/C17H18FN5O2/c1-24-10-5-15(17-20-9-21-22-17)23(8-10)14-3-4-19-13-7-12(18)16(25-2)6-11(13)14/h3-4,6-7,9-10,15H,5,8H2,1-2H3,(H,20,21,22)/t10-,15+/m1/s1. The van der Waals surface area contributed by atoms with Crippen molar-refractivity contribution in [3.63, 3.8) is 0 Å². The van der Waals surface area contributed by atoms with Gasteiger partial charge in [-0.05, 0) is 12.1 Å². The quantitative estimate of drug-likeness (QED) is 0.784. The van der Waals surface area contributed by atoms with Crippen molar-refractivity contribution in [3.8, 4) is 5.75 Å². The molecule has 130 valence electrons. The van der Waals surface area contributed by atoms with Gasteiger partial charge < -0.3 is 14.4 Å². The van der Waals surface area contributed by atoms with Crippen LogP contribution >= 0.6 is 0 Å². The lowest BCUT2D eigenvalue weighted by molar-refractivity contribution is 0.118. The number of halogens is 1. The number of fused-ring (bicyclic) bond motifs is 1. The highest BCUT2D eigenvalue weighted by atomic mass is 19.1. The number of hydrogen-bond donors (Lipinski definition) is 1. The van der Waals surface area contributed by atoms with E-state index in [0.717, 1.165) is 23.3 Å². The van der Waals surface area contributed by atoms with E-state index in [-0.39, 0.29) is 17.9 Å². The Bertz CT molecular complexity index is 886. The van der Waals surface area contributed by atoms with Crippen LogP contribution in [0.25, 0.3) is 10.9 Å². The molecule has 1 saturated heterocycles. The maximum Gasteiger partial charge on any atom is 0.167 e. The average Bonchev–Trinajstić information content (AvgIpc) is 3.29. The Balaban J connectivity index is 1.84. The number of methoxy groups -OCH3 is 2. The summed E-state index contributed by atoms with van der Waals surface area (Å²) in [5.74, 6) is 0.543. The lowest BCUT2D eigenvalue weighted by Crippen LogP contribution is -2.25. The van der Waals surface area contributed by atoms with Crippen LogP contribution in [-0.2, 0) is 4.74 Å². The highest BCUT2D eigenvalue weighted by Crippen LogP contribution is 2.39. The summed E-state index contributed by atoms with van der Waals surface area (Å²) in [7, 11) is 3.16. The van der Waals surface area contributed by atoms with E-state index in [0.29, 0.717) is 12.1 Å². The summed E-state index contributed by atoms with van der Waals surface area (Å²) in [5.41, 5.74) is 1.51. The van der Waals surface area contributed by atoms with Gasteiger partial charge in [-0.1, -0.05) is 0 Å². The van der Waals surface area contributed by atoms with Crippen LogP contribution < -0.4 is 9.64 Å². The predicted molar refractivity (Wildman–Crippen MR) is 90.1 cm³/mol. The molecule has 25 heavy (non-hydrogen) atoms. The molecular weight excluding hydrogens is 325 g/mol. The van der Waals surface area contributed by atoms with Crippen LogP contribution in [0.2, 0.25) is 0 Å². The van der Waals surface area contributed by atoms with E-state index in [2.05, 4.69) is 25.1 Å². The number of aromatic amines is 1. The van der Waals surface area contributed by atoms with E-state index < -0.39 is 5.82 Å². The largest absolute Gasteiger partial charge is 0.494 e.